The van der Waals surface area contributed by atoms with E-state index in [1.165, 1.54) is 24.3 Å². The first-order valence-electron chi connectivity index (χ1n) is 11.0. The van der Waals surface area contributed by atoms with Gasteiger partial charge in [-0.05, 0) is 67.9 Å². The largest absolute Gasteiger partial charge is 0.369 e. The second kappa shape index (κ2) is 11.4. The molecule has 7 nitrogen and oxygen atoms in total. The summed E-state index contributed by atoms with van der Waals surface area (Å²) in [5.74, 6) is -0.316. The smallest absolute Gasteiger partial charge is 0.240 e. The Morgan fingerprint density at radius 1 is 1.00 bits per heavy atom. The number of anilines is 2. The van der Waals surface area contributed by atoms with Crippen molar-refractivity contribution >= 4 is 27.3 Å². The van der Waals surface area contributed by atoms with Crippen LogP contribution in [0.4, 0.5) is 15.8 Å². The summed E-state index contributed by atoms with van der Waals surface area (Å²) in [5, 5.41) is 2.75. The minimum atomic E-state index is -3.59. The van der Waals surface area contributed by atoms with Crippen LogP contribution in [0.5, 0.6) is 0 Å². The van der Waals surface area contributed by atoms with Gasteiger partial charge in [0.1, 0.15) is 5.82 Å². The zero-order valence-electron chi connectivity index (χ0n) is 18.4. The number of nitrogens with zero attached hydrogens (tertiary/aromatic N) is 2. The molecule has 1 fully saturated rings. The van der Waals surface area contributed by atoms with Crippen molar-refractivity contribution in [2.24, 2.45) is 0 Å². The second-order valence-corrected chi connectivity index (χ2v) is 9.65. The third-order valence-corrected chi connectivity index (χ3v) is 6.91. The number of amides is 1. The van der Waals surface area contributed by atoms with Crippen LogP contribution < -0.4 is 14.9 Å². The minimum absolute atomic E-state index is 0.0836. The van der Waals surface area contributed by atoms with E-state index in [0.717, 1.165) is 44.8 Å². The quantitative estimate of drug-likeness (QED) is 0.531. The molecule has 1 saturated heterocycles. The first-order chi connectivity index (χ1) is 15.4. The third-order valence-electron chi connectivity index (χ3n) is 5.43. The van der Waals surface area contributed by atoms with Gasteiger partial charge in [0.05, 0.1) is 4.90 Å². The Bertz CT molecular complexity index is 973. The molecule has 0 bridgehead atoms. The summed E-state index contributed by atoms with van der Waals surface area (Å²) in [4.78, 5) is 16.4. The zero-order chi connectivity index (χ0) is 23.0. The fourth-order valence-corrected chi connectivity index (χ4v) is 4.72. The average Bonchev–Trinajstić information content (AvgIpc) is 2.78. The van der Waals surface area contributed by atoms with Crippen LogP contribution in [-0.4, -0.2) is 58.5 Å². The standard InChI is InChI=1S/C23H31FN4O3S/c1-2-4-23(29)26-20-7-11-22(12-8-20)32(30,31)25-13-3-14-27-15-17-28(18-16-27)21-9-5-19(24)6-10-21/h5-12,25H,2-4,13-18H2,1H3,(H,26,29). The molecule has 0 aromatic heterocycles. The Hall–Kier alpha value is -2.49. The van der Waals surface area contributed by atoms with E-state index in [9.17, 15) is 17.6 Å². The van der Waals surface area contributed by atoms with Crippen LogP contribution in [0.3, 0.4) is 0 Å². The van der Waals surface area contributed by atoms with E-state index in [1.54, 1.807) is 24.3 Å². The second-order valence-electron chi connectivity index (χ2n) is 7.88. The maximum Gasteiger partial charge on any atom is 0.240 e. The van der Waals surface area contributed by atoms with E-state index in [0.29, 0.717) is 25.1 Å². The Kier molecular flexibility index (Phi) is 8.60. The van der Waals surface area contributed by atoms with Gasteiger partial charge in [0.25, 0.3) is 0 Å². The van der Waals surface area contributed by atoms with Crippen molar-refractivity contribution in [3.63, 3.8) is 0 Å². The number of benzene rings is 2. The molecule has 1 aliphatic rings. The SMILES string of the molecule is CCCC(=O)Nc1ccc(S(=O)(=O)NCCCN2CCN(c3ccc(F)cc3)CC2)cc1. The van der Waals surface area contributed by atoms with Gasteiger partial charge in [0.15, 0.2) is 0 Å². The average molecular weight is 463 g/mol. The van der Waals surface area contributed by atoms with Crippen molar-refractivity contribution in [3.05, 3.63) is 54.3 Å². The molecule has 2 aromatic rings. The molecule has 174 valence electrons. The highest BCUT2D eigenvalue weighted by Crippen LogP contribution is 2.17. The van der Waals surface area contributed by atoms with E-state index in [-0.39, 0.29) is 16.6 Å². The minimum Gasteiger partial charge on any atom is -0.369 e. The molecular weight excluding hydrogens is 431 g/mol. The van der Waals surface area contributed by atoms with Gasteiger partial charge in [0.2, 0.25) is 15.9 Å². The fraction of sp³-hybridized carbons (Fsp3) is 0.435. The van der Waals surface area contributed by atoms with Crippen LogP contribution in [-0.2, 0) is 14.8 Å². The van der Waals surface area contributed by atoms with Gasteiger partial charge in [-0.25, -0.2) is 17.5 Å². The van der Waals surface area contributed by atoms with E-state index in [2.05, 4.69) is 19.8 Å². The van der Waals surface area contributed by atoms with Crippen molar-refractivity contribution in [1.82, 2.24) is 9.62 Å². The predicted octanol–water partition coefficient (Wildman–Crippen LogP) is 3.05. The van der Waals surface area contributed by atoms with Gasteiger partial charge in [-0.3, -0.25) is 9.69 Å². The van der Waals surface area contributed by atoms with Crippen LogP contribution in [0, 0.1) is 5.82 Å². The number of rotatable bonds is 10. The summed E-state index contributed by atoms with van der Waals surface area (Å²) in [6.45, 7) is 6.58. The first-order valence-corrected chi connectivity index (χ1v) is 12.5. The van der Waals surface area contributed by atoms with Gasteiger partial charge >= 0.3 is 0 Å². The first kappa shape index (κ1) is 24.2. The van der Waals surface area contributed by atoms with Crippen LogP contribution in [0.1, 0.15) is 26.2 Å². The molecule has 1 heterocycles. The molecule has 0 unspecified atom stereocenters. The number of hydrogen-bond donors (Lipinski definition) is 2. The number of nitrogens with one attached hydrogen (secondary N) is 2. The Balaban J connectivity index is 1.38. The normalized spacial score (nSPS) is 15.0. The van der Waals surface area contributed by atoms with E-state index >= 15 is 0 Å². The third kappa shape index (κ3) is 7.01. The highest BCUT2D eigenvalue weighted by atomic mass is 32.2. The maximum absolute atomic E-state index is 13.1. The van der Waals surface area contributed by atoms with E-state index < -0.39 is 10.0 Å². The topological polar surface area (TPSA) is 81.7 Å². The van der Waals surface area contributed by atoms with Gasteiger partial charge in [-0.2, -0.15) is 0 Å². The summed E-state index contributed by atoms with van der Waals surface area (Å²) in [7, 11) is -3.59. The molecule has 2 N–H and O–H groups in total. The number of halogens is 1. The molecule has 32 heavy (non-hydrogen) atoms. The molecule has 1 aliphatic heterocycles. The predicted molar refractivity (Wildman–Crippen MR) is 125 cm³/mol. The molecule has 0 atom stereocenters. The lowest BCUT2D eigenvalue weighted by Gasteiger charge is -2.36. The number of piperazine rings is 1. The monoisotopic (exact) mass is 462 g/mol. The van der Waals surface area contributed by atoms with Gasteiger partial charge < -0.3 is 10.2 Å². The number of carbonyl (C=O) groups is 1. The lowest BCUT2D eigenvalue weighted by molar-refractivity contribution is -0.116. The highest BCUT2D eigenvalue weighted by Gasteiger charge is 2.18. The van der Waals surface area contributed by atoms with Gasteiger partial charge in [-0.15, -0.1) is 0 Å². The van der Waals surface area contributed by atoms with Crippen LogP contribution >= 0.6 is 0 Å². The summed E-state index contributed by atoms with van der Waals surface area (Å²) in [6, 6.07) is 12.7. The number of carbonyl (C=O) groups excluding carboxylic acids is 1. The summed E-state index contributed by atoms with van der Waals surface area (Å²) >= 11 is 0. The Morgan fingerprint density at radius 2 is 1.66 bits per heavy atom. The number of sulfonamides is 1. The van der Waals surface area contributed by atoms with Crippen molar-refractivity contribution in [1.29, 1.82) is 0 Å². The molecule has 0 aliphatic carbocycles. The van der Waals surface area contributed by atoms with Crippen LogP contribution in [0.2, 0.25) is 0 Å². The van der Waals surface area contributed by atoms with Crippen LogP contribution in [0.25, 0.3) is 0 Å². The Labute approximate surface area is 189 Å². The van der Waals surface area contributed by atoms with Crippen molar-refractivity contribution in [2.45, 2.75) is 31.1 Å². The zero-order valence-corrected chi connectivity index (χ0v) is 19.2. The molecule has 0 spiro atoms. The molecule has 1 amide bonds. The molecule has 0 saturated carbocycles. The maximum atomic E-state index is 13.1. The van der Waals surface area contributed by atoms with E-state index in [4.69, 9.17) is 0 Å². The Morgan fingerprint density at radius 3 is 2.28 bits per heavy atom. The molecule has 3 rings (SSSR count). The molecule has 0 radical (unpaired) electrons. The lowest BCUT2D eigenvalue weighted by atomic mass is 10.2. The summed E-state index contributed by atoms with van der Waals surface area (Å²) in [5.41, 5.74) is 1.61. The molecule has 2 aromatic carbocycles. The highest BCUT2D eigenvalue weighted by molar-refractivity contribution is 7.89. The summed E-state index contributed by atoms with van der Waals surface area (Å²) < 4.78 is 40.7. The number of hydrogen-bond acceptors (Lipinski definition) is 5. The fourth-order valence-electron chi connectivity index (χ4n) is 3.64. The molecule has 9 heteroatoms. The van der Waals surface area contributed by atoms with Crippen LogP contribution in [0.15, 0.2) is 53.4 Å². The molecular formula is C23H31FN4O3S. The lowest BCUT2D eigenvalue weighted by Crippen LogP contribution is -2.47. The summed E-state index contributed by atoms with van der Waals surface area (Å²) in [6.07, 6.45) is 1.90. The van der Waals surface area contributed by atoms with E-state index in [1.807, 2.05) is 6.92 Å². The van der Waals surface area contributed by atoms with Gasteiger partial charge in [0, 0.05) is 50.5 Å². The van der Waals surface area contributed by atoms with Crippen molar-refractivity contribution in [2.75, 3.05) is 49.5 Å². The van der Waals surface area contributed by atoms with Gasteiger partial charge in [-0.1, -0.05) is 6.92 Å². The van der Waals surface area contributed by atoms with Crippen molar-refractivity contribution < 1.29 is 17.6 Å². The van der Waals surface area contributed by atoms with Crippen molar-refractivity contribution in [3.8, 4) is 0 Å².